The van der Waals surface area contributed by atoms with Crippen molar-refractivity contribution in [2.45, 2.75) is 50.7 Å². The second-order valence-electron chi connectivity index (χ2n) is 9.26. The quantitative estimate of drug-likeness (QED) is 0.334. The van der Waals surface area contributed by atoms with E-state index in [0.29, 0.717) is 22.9 Å². The smallest absolute Gasteiger partial charge is 0.264 e. The second kappa shape index (κ2) is 13.5. The first-order valence-electron chi connectivity index (χ1n) is 12.6. The van der Waals surface area contributed by atoms with Crippen molar-refractivity contribution in [1.82, 2.24) is 10.2 Å². The summed E-state index contributed by atoms with van der Waals surface area (Å²) >= 11 is 6.05. The van der Waals surface area contributed by atoms with Crippen molar-refractivity contribution in [3.8, 4) is 5.75 Å². The summed E-state index contributed by atoms with van der Waals surface area (Å²) in [6.45, 7) is 5.08. The van der Waals surface area contributed by atoms with Gasteiger partial charge in [0.05, 0.1) is 17.7 Å². The minimum Gasteiger partial charge on any atom is -0.497 e. The topological polar surface area (TPSA) is 96.0 Å². The average molecular weight is 572 g/mol. The summed E-state index contributed by atoms with van der Waals surface area (Å²) in [5.41, 5.74) is 1.05. The minimum atomic E-state index is -4.13. The molecule has 0 radical (unpaired) electrons. The average Bonchev–Trinajstić information content (AvgIpc) is 2.92. The first kappa shape index (κ1) is 30.0. The fourth-order valence-electron chi connectivity index (χ4n) is 4.08. The number of carbonyl (C=O) groups is 2. The van der Waals surface area contributed by atoms with Crippen LogP contribution in [-0.2, 0) is 26.2 Å². The highest BCUT2D eigenvalue weighted by molar-refractivity contribution is 7.92. The number of methoxy groups -OCH3 is 1. The maximum absolute atomic E-state index is 14.0. The Balaban J connectivity index is 2.05. The molecule has 0 spiro atoms. The molecule has 0 saturated heterocycles. The van der Waals surface area contributed by atoms with Gasteiger partial charge in [0, 0.05) is 17.6 Å². The normalized spacial score (nSPS) is 12.1. The van der Waals surface area contributed by atoms with Gasteiger partial charge in [-0.25, -0.2) is 8.42 Å². The molecule has 2 amide bonds. The molecule has 0 unspecified atom stereocenters. The Labute approximate surface area is 235 Å². The van der Waals surface area contributed by atoms with E-state index >= 15 is 0 Å². The molecule has 10 heteroatoms. The zero-order valence-corrected chi connectivity index (χ0v) is 24.1. The number of hydrogen-bond acceptors (Lipinski definition) is 5. The van der Waals surface area contributed by atoms with Crippen molar-refractivity contribution < 1.29 is 22.7 Å². The van der Waals surface area contributed by atoms with Crippen LogP contribution in [0, 0.1) is 0 Å². The molecule has 8 nitrogen and oxygen atoms in total. The first-order valence-corrected chi connectivity index (χ1v) is 14.4. The third-order valence-electron chi connectivity index (χ3n) is 6.05. The zero-order valence-electron chi connectivity index (χ0n) is 22.5. The number of ether oxygens (including phenoxy) is 1. The highest BCUT2D eigenvalue weighted by Crippen LogP contribution is 2.27. The van der Waals surface area contributed by atoms with E-state index in [9.17, 15) is 18.0 Å². The lowest BCUT2D eigenvalue weighted by Crippen LogP contribution is -2.53. The molecule has 0 bridgehead atoms. The Morgan fingerprint density at radius 3 is 2.10 bits per heavy atom. The van der Waals surface area contributed by atoms with Crippen molar-refractivity contribution >= 4 is 39.1 Å². The van der Waals surface area contributed by atoms with Crippen molar-refractivity contribution in [2.24, 2.45) is 0 Å². The van der Waals surface area contributed by atoms with Crippen molar-refractivity contribution in [2.75, 3.05) is 18.0 Å². The van der Waals surface area contributed by atoms with E-state index in [1.54, 1.807) is 66.7 Å². The predicted octanol–water partition coefficient (Wildman–Crippen LogP) is 4.88. The van der Waals surface area contributed by atoms with Gasteiger partial charge in [-0.2, -0.15) is 0 Å². The van der Waals surface area contributed by atoms with E-state index < -0.39 is 28.5 Å². The highest BCUT2D eigenvalue weighted by Gasteiger charge is 2.33. The fraction of sp³-hybridized carbons (Fsp3) is 0.310. The lowest BCUT2D eigenvalue weighted by atomic mass is 10.1. The van der Waals surface area contributed by atoms with Crippen LogP contribution in [0.4, 0.5) is 5.69 Å². The fourth-order valence-corrected chi connectivity index (χ4v) is 5.64. The number of halogens is 1. The van der Waals surface area contributed by atoms with Gasteiger partial charge in [0.15, 0.2) is 0 Å². The van der Waals surface area contributed by atoms with Crippen LogP contribution in [-0.4, -0.2) is 50.9 Å². The number of nitrogens with one attached hydrogen (secondary N) is 1. The van der Waals surface area contributed by atoms with Gasteiger partial charge < -0.3 is 15.0 Å². The number of rotatable bonds is 12. The molecule has 0 aliphatic carbocycles. The first-order chi connectivity index (χ1) is 18.6. The van der Waals surface area contributed by atoms with Gasteiger partial charge in [0.2, 0.25) is 11.8 Å². The SMILES string of the molecule is CC[C@@H](C(=O)NC(C)C)N(Cc1ccc(Cl)cc1)C(=O)CN(c1ccc(OC)cc1)S(=O)(=O)c1ccccc1. The van der Waals surface area contributed by atoms with E-state index in [-0.39, 0.29) is 23.4 Å². The Bertz CT molecular complexity index is 1350. The zero-order chi connectivity index (χ0) is 28.6. The molecule has 1 atom stereocenters. The van der Waals surface area contributed by atoms with Crippen LogP contribution in [0.3, 0.4) is 0 Å². The van der Waals surface area contributed by atoms with E-state index in [0.717, 1.165) is 9.87 Å². The van der Waals surface area contributed by atoms with Gasteiger partial charge >= 0.3 is 0 Å². The molecule has 0 fully saturated rings. The number of carbonyl (C=O) groups excluding carboxylic acids is 2. The van der Waals surface area contributed by atoms with Crippen LogP contribution in [0.15, 0.2) is 83.8 Å². The highest BCUT2D eigenvalue weighted by atomic mass is 35.5. The van der Waals surface area contributed by atoms with Gasteiger partial charge in [-0.1, -0.05) is 48.9 Å². The molecule has 0 aliphatic rings. The Morgan fingerprint density at radius 1 is 0.949 bits per heavy atom. The summed E-state index contributed by atoms with van der Waals surface area (Å²) < 4.78 is 33.9. The number of hydrogen-bond donors (Lipinski definition) is 1. The summed E-state index contributed by atoms with van der Waals surface area (Å²) in [7, 11) is -2.61. The summed E-state index contributed by atoms with van der Waals surface area (Å²) in [6.07, 6.45) is 0.339. The van der Waals surface area contributed by atoms with Gasteiger partial charge in [0.25, 0.3) is 10.0 Å². The molecule has 0 heterocycles. The Morgan fingerprint density at radius 2 is 1.56 bits per heavy atom. The van der Waals surface area contributed by atoms with Crippen LogP contribution in [0.25, 0.3) is 0 Å². The van der Waals surface area contributed by atoms with E-state index in [2.05, 4.69) is 5.32 Å². The van der Waals surface area contributed by atoms with Gasteiger partial charge in [-0.3, -0.25) is 13.9 Å². The summed E-state index contributed by atoms with van der Waals surface area (Å²) in [5, 5.41) is 3.42. The van der Waals surface area contributed by atoms with E-state index in [1.807, 2.05) is 20.8 Å². The lowest BCUT2D eigenvalue weighted by Gasteiger charge is -2.33. The number of amides is 2. The van der Waals surface area contributed by atoms with Crippen LogP contribution < -0.4 is 14.4 Å². The van der Waals surface area contributed by atoms with Crippen molar-refractivity contribution in [3.63, 3.8) is 0 Å². The summed E-state index contributed by atoms with van der Waals surface area (Å²) in [4.78, 5) is 28.6. The Hall–Kier alpha value is -3.56. The van der Waals surface area contributed by atoms with Crippen molar-refractivity contribution in [3.05, 3.63) is 89.4 Å². The number of sulfonamides is 1. The van der Waals surface area contributed by atoms with Crippen LogP contribution in [0.2, 0.25) is 5.02 Å². The molecular formula is C29H34ClN3O5S. The summed E-state index contributed by atoms with van der Waals surface area (Å²) in [6, 6.07) is 20.4. The van der Waals surface area contributed by atoms with Gasteiger partial charge in [0.1, 0.15) is 18.3 Å². The molecule has 3 aromatic carbocycles. The molecule has 208 valence electrons. The van der Waals surface area contributed by atoms with Crippen LogP contribution in [0.1, 0.15) is 32.8 Å². The minimum absolute atomic E-state index is 0.0439. The van der Waals surface area contributed by atoms with Gasteiger partial charge in [-0.05, 0) is 74.4 Å². The number of benzene rings is 3. The number of anilines is 1. The lowest BCUT2D eigenvalue weighted by molar-refractivity contribution is -0.140. The van der Waals surface area contributed by atoms with E-state index in [4.69, 9.17) is 16.3 Å². The molecule has 0 saturated carbocycles. The molecule has 3 rings (SSSR count). The standard InChI is InChI=1S/C29H34ClN3O5S/c1-5-27(29(35)31-21(2)3)32(19-22-11-13-23(30)14-12-22)28(34)20-33(24-15-17-25(38-4)18-16-24)39(36,37)26-9-7-6-8-10-26/h6-18,21,27H,5,19-20H2,1-4H3,(H,31,35)/t27-/m0/s1. The molecule has 0 aliphatic heterocycles. The second-order valence-corrected chi connectivity index (χ2v) is 11.6. The van der Waals surface area contributed by atoms with Crippen LogP contribution in [0.5, 0.6) is 5.75 Å². The van der Waals surface area contributed by atoms with E-state index in [1.165, 1.54) is 24.1 Å². The maximum atomic E-state index is 14.0. The molecular weight excluding hydrogens is 538 g/mol. The van der Waals surface area contributed by atoms with Crippen molar-refractivity contribution in [1.29, 1.82) is 0 Å². The van der Waals surface area contributed by atoms with Gasteiger partial charge in [-0.15, -0.1) is 0 Å². The molecule has 39 heavy (non-hydrogen) atoms. The third-order valence-corrected chi connectivity index (χ3v) is 8.09. The monoisotopic (exact) mass is 571 g/mol. The largest absolute Gasteiger partial charge is 0.497 e. The number of nitrogens with zero attached hydrogens (tertiary/aromatic N) is 2. The third kappa shape index (κ3) is 7.74. The molecule has 1 N–H and O–H groups in total. The Kier molecular flexibility index (Phi) is 10.4. The maximum Gasteiger partial charge on any atom is 0.264 e. The predicted molar refractivity (Wildman–Crippen MR) is 153 cm³/mol. The van der Waals surface area contributed by atoms with Crippen LogP contribution >= 0.6 is 11.6 Å². The summed E-state index contributed by atoms with van der Waals surface area (Å²) in [5.74, 6) is -0.286. The molecule has 0 aromatic heterocycles. The molecule has 3 aromatic rings.